The maximum absolute atomic E-state index is 13.6. The smallest absolute Gasteiger partial charge is 0.126 e. The highest BCUT2D eigenvalue weighted by molar-refractivity contribution is 5.50. The fraction of sp³-hybridized carbons (Fsp3) is 0.379. The summed E-state index contributed by atoms with van der Waals surface area (Å²) in [6, 6.07) is 20.3. The number of benzene rings is 3. The predicted molar refractivity (Wildman–Crippen MR) is 131 cm³/mol. The molecule has 2 unspecified atom stereocenters. The van der Waals surface area contributed by atoms with Crippen molar-refractivity contribution < 1.29 is 19.0 Å². The van der Waals surface area contributed by atoms with E-state index in [9.17, 15) is 9.50 Å². The number of nitrogens with zero attached hydrogens (tertiary/aromatic N) is 1. The zero-order valence-electron chi connectivity index (χ0n) is 19.5. The normalized spacial score (nSPS) is 20.4. The molecule has 3 aromatic carbocycles. The monoisotopic (exact) mass is 461 g/mol. The van der Waals surface area contributed by atoms with Crippen molar-refractivity contribution in [2.45, 2.75) is 37.5 Å². The number of phenolic OH excluding ortho intramolecular Hbond substituents is 1. The molecule has 0 radical (unpaired) electrons. The Labute approximate surface area is 200 Å². The van der Waals surface area contributed by atoms with Crippen LogP contribution in [0.3, 0.4) is 0 Å². The van der Waals surface area contributed by atoms with Gasteiger partial charge in [0.15, 0.2) is 0 Å². The van der Waals surface area contributed by atoms with Crippen molar-refractivity contribution in [3.63, 3.8) is 0 Å². The highest BCUT2D eigenvalue weighted by atomic mass is 19.1. The van der Waals surface area contributed by atoms with Gasteiger partial charge in [0.2, 0.25) is 0 Å². The first kappa shape index (κ1) is 22.7. The molecular weight excluding hydrogens is 429 g/mol. The Morgan fingerprint density at radius 2 is 1.65 bits per heavy atom. The average molecular weight is 462 g/mol. The van der Waals surface area contributed by atoms with Crippen LogP contribution in [0.5, 0.6) is 17.2 Å². The third-order valence-corrected chi connectivity index (χ3v) is 7.03. The Morgan fingerprint density at radius 1 is 0.912 bits per heavy atom. The Kier molecular flexibility index (Phi) is 7.00. The Morgan fingerprint density at radius 3 is 2.41 bits per heavy atom. The van der Waals surface area contributed by atoms with Gasteiger partial charge in [0, 0.05) is 30.0 Å². The summed E-state index contributed by atoms with van der Waals surface area (Å²) in [5, 5.41) is 9.94. The fourth-order valence-electron chi connectivity index (χ4n) is 5.24. The van der Waals surface area contributed by atoms with Crippen LogP contribution in [0.15, 0.2) is 66.7 Å². The van der Waals surface area contributed by atoms with Gasteiger partial charge in [0.25, 0.3) is 0 Å². The number of phenols is 1. The fourth-order valence-corrected chi connectivity index (χ4v) is 5.24. The van der Waals surface area contributed by atoms with Crippen LogP contribution in [0.2, 0.25) is 0 Å². The minimum absolute atomic E-state index is 0.0305. The number of hydrogen-bond acceptors (Lipinski definition) is 4. The Bertz CT molecular complexity index is 1080. The van der Waals surface area contributed by atoms with E-state index in [1.54, 1.807) is 12.1 Å². The SMILES string of the molecule is Oc1ccc2c(c1)OCC(c1ccc(F)cc1)C2c1ccc(OCCCN2CCCCC2)cc1. The topological polar surface area (TPSA) is 41.9 Å². The molecule has 5 rings (SSSR count). The van der Waals surface area contributed by atoms with Gasteiger partial charge in [-0.2, -0.15) is 0 Å². The van der Waals surface area contributed by atoms with Crippen LogP contribution >= 0.6 is 0 Å². The second-order valence-electron chi connectivity index (χ2n) is 9.34. The zero-order chi connectivity index (χ0) is 23.3. The number of hydrogen-bond donors (Lipinski definition) is 1. The first-order valence-electron chi connectivity index (χ1n) is 12.3. The highest BCUT2D eigenvalue weighted by Crippen LogP contribution is 2.47. The maximum atomic E-state index is 13.6. The van der Waals surface area contributed by atoms with Gasteiger partial charge in [-0.15, -0.1) is 0 Å². The highest BCUT2D eigenvalue weighted by Gasteiger charge is 2.33. The van der Waals surface area contributed by atoms with Crippen molar-refractivity contribution in [1.82, 2.24) is 4.90 Å². The molecular formula is C29H32FNO3. The van der Waals surface area contributed by atoms with E-state index in [2.05, 4.69) is 17.0 Å². The minimum atomic E-state index is -0.246. The molecule has 0 aliphatic carbocycles. The summed E-state index contributed by atoms with van der Waals surface area (Å²) in [6.07, 6.45) is 5.03. The van der Waals surface area contributed by atoms with Crippen molar-refractivity contribution in [3.8, 4) is 17.2 Å². The van der Waals surface area contributed by atoms with E-state index in [1.807, 2.05) is 30.3 Å². The summed E-state index contributed by atoms with van der Waals surface area (Å²) in [7, 11) is 0. The van der Waals surface area contributed by atoms with E-state index < -0.39 is 0 Å². The third-order valence-electron chi connectivity index (χ3n) is 7.03. The molecule has 2 aliphatic rings. The molecule has 2 heterocycles. The van der Waals surface area contributed by atoms with Crippen LogP contribution in [0, 0.1) is 5.82 Å². The first-order chi connectivity index (χ1) is 16.7. The molecule has 4 nitrogen and oxygen atoms in total. The Balaban J connectivity index is 1.31. The summed E-state index contributed by atoms with van der Waals surface area (Å²) in [4.78, 5) is 2.53. The molecule has 178 valence electrons. The van der Waals surface area contributed by atoms with Crippen LogP contribution in [-0.4, -0.2) is 42.9 Å². The molecule has 1 N–H and O–H groups in total. The average Bonchev–Trinajstić information content (AvgIpc) is 2.87. The molecule has 0 aromatic heterocycles. The molecule has 0 amide bonds. The summed E-state index contributed by atoms with van der Waals surface area (Å²) >= 11 is 0. The van der Waals surface area contributed by atoms with Crippen molar-refractivity contribution in [1.29, 1.82) is 0 Å². The number of fused-ring (bicyclic) bond motifs is 1. The lowest BCUT2D eigenvalue weighted by Crippen LogP contribution is -2.31. The van der Waals surface area contributed by atoms with Crippen molar-refractivity contribution in [2.24, 2.45) is 0 Å². The second kappa shape index (κ2) is 10.5. The van der Waals surface area contributed by atoms with Gasteiger partial charge in [0.1, 0.15) is 23.1 Å². The van der Waals surface area contributed by atoms with Gasteiger partial charge < -0.3 is 19.5 Å². The third kappa shape index (κ3) is 5.20. The zero-order valence-corrected chi connectivity index (χ0v) is 19.5. The molecule has 5 heteroatoms. The molecule has 0 saturated carbocycles. The molecule has 0 spiro atoms. The second-order valence-corrected chi connectivity index (χ2v) is 9.34. The lowest BCUT2D eigenvalue weighted by atomic mass is 9.76. The number of halogens is 1. The van der Waals surface area contributed by atoms with E-state index >= 15 is 0 Å². The molecule has 0 bridgehead atoms. The number of ether oxygens (including phenoxy) is 2. The van der Waals surface area contributed by atoms with Crippen molar-refractivity contribution in [3.05, 3.63) is 89.2 Å². The van der Waals surface area contributed by atoms with E-state index in [4.69, 9.17) is 9.47 Å². The predicted octanol–water partition coefficient (Wildman–Crippen LogP) is 6.09. The van der Waals surface area contributed by atoms with Crippen molar-refractivity contribution >= 4 is 0 Å². The molecule has 3 aromatic rings. The number of rotatable bonds is 7. The molecule has 1 fully saturated rings. The standard InChI is InChI=1S/C29H32FNO3/c30-23-9-5-21(6-10-23)27-20-34-28-19-24(32)11-14-26(28)29(27)22-7-12-25(13-8-22)33-18-4-17-31-15-2-1-3-16-31/h5-14,19,27,29,32H,1-4,15-18,20H2. The summed E-state index contributed by atoms with van der Waals surface area (Å²) < 4.78 is 25.6. The van der Waals surface area contributed by atoms with Crippen LogP contribution < -0.4 is 9.47 Å². The molecule has 1 saturated heterocycles. The van der Waals surface area contributed by atoms with Gasteiger partial charge in [-0.3, -0.25) is 0 Å². The largest absolute Gasteiger partial charge is 0.508 e. The van der Waals surface area contributed by atoms with Gasteiger partial charge in [-0.05, 0) is 73.8 Å². The number of aromatic hydroxyl groups is 1. The van der Waals surface area contributed by atoms with E-state index in [0.717, 1.165) is 35.4 Å². The van der Waals surface area contributed by atoms with Gasteiger partial charge in [-0.25, -0.2) is 4.39 Å². The molecule has 34 heavy (non-hydrogen) atoms. The minimum Gasteiger partial charge on any atom is -0.508 e. The van der Waals surface area contributed by atoms with E-state index in [-0.39, 0.29) is 23.4 Å². The van der Waals surface area contributed by atoms with Crippen LogP contribution in [0.25, 0.3) is 0 Å². The number of likely N-dealkylation sites (tertiary alicyclic amines) is 1. The quantitative estimate of drug-likeness (QED) is 0.432. The van der Waals surface area contributed by atoms with E-state index in [0.29, 0.717) is 19.0 Å². The summed E-state index contributed by atoms with van der Waals surface area (Å²) in [5.74, 6) is 1.58. The van der Waals surface area contributed by atoms with Gasteiger partial charge in [0.05, 0.1) is 13.2 Å². The van der Waals surface area contributed by atoms with Crippen LogP contribution in [0.1, 0.15) is 54.2 Å². The molecule has 2 aliphatic heterocycles. The van der Waals surface area contributed by atoms with Gasteiger partial charge >= 0.3 is 0 Å². The van der Waals surface area contributed by atoms with E-state index in [1.165, 1.54) is 44.5 Å². The number of piperidine rings is 1. The van der Waals surface area contributed by atoms with Crippen LogP contribution in [-0.2, 0) is 0 Å². The lowest BCUT2D eigenvalue weighted by Gasteiger charge is -2.34. The first-order valence-corrected chi connectivity index (χ1v) is 12.3. The molecule has 2 atom stereocenters. The lowest BCUT2D eigenvalue weighted by molar-refractivity contribution is 0.205. The Hall–Kier alpha value is -3.05. The van der Waals surface area contributed by atoms with Crippen LogP contribution in [0.4, 0.5) is 4.39 Å². The maximum Gasteiger partial charge on any atom is 0.126 e. The summed E-state index contributed by atoms with van der Waals surface area (Å²) in [5.41, 5.74) is 3.20. The summed E-state index contributed by atoms with van der Waals surface area (Å²) in [6.45, 7) is 4.71. The van der Waals surface area contributed by atoms with Crippen molar-refractivity contribution in [2.75, 3.05) is 32.8 Å². The van der Waals surface area contributed by atoms with Gasteiger partial charge in [-0.1, -0.05) is 36.8 Å².